The average Bonchev–Trinajstić information content (AvgIpc) is 3.15. The minimum Gasteiger partial charge on any atom is -0.298 e. The molecule has 3 aromatic heterocycles. The summed E-state index contributed by atoms with van der Waals surface area (Å²) in [6.07, 6.45) is 8.58. The van der Waals surface area contributed by atoms with Gasteiger partial charge in [0.25, 0.3) is 10.0 Å². The number of pyridine rings is 2. The van der Waals surface area contributed by atoms with Gasteiger partial charge in [0.1, 0.15) is 5.65 Å². The third kappa shape index (κ3) is 3.62. The molecule has 0 fully saturated rings. The SMILES string of the molecule is Cc1ccccc1S(=O)(=O)N(C)/N=C/c1cnc2ccc(-c3cccnc3)cn12. The highest BCUT2D eigenvalue weighted by Gasteiger charge is 2.21. The molecule has 146 valence electrons. The van der Waals surface area contributed by atoms with Gasteiger partial charge in [-0.1, -0.05) is 24.3 Å². The first kappa shape index (κ1) is 18.8. The summed E-state index contributed by atoms with van der Waals surface area (Å²) < 4.78 is 28.4. The van der Waals surface area contributed by atoms with E-state index in [1.165, 1.54) is 13.3 Å². The maximum atomic E-state index is 12.8. The van der Waals surface area contributed by atoms with Crippen LogP contribution in [0.3, 0.4) is 0 Å². The fourth-order valence-electron chi connectivity index (χ4n) is 2.99. The zero-order chi connectivity index (χ0) is 20.4. The van der Waals surface area contributed by atoms with E-state index in [1.54, 1.807) is 49.8 Å². The van der Waals surface area contributed by atoms with E-state index in [1.807, 2.05) is 34.9 Å². The summed E-state index contributed by atoms with van der Waals surface area (Å²) in [4.78, 5) is 8.74. The second kappa shape index (κ2) is 7.48. The van der Waals surface area contributed by atoms with Crippen LogP contribution in [0.5, 0.6) is 0 Å². The van der Waals surface area contributed by atoms with Crippen molar-refractivity contribution < 1.29 is 8.42 Å². The largest absolute Gasteiger partial charge is 0.298 e. The van der Waals surface area contributed by atoms with Gasteiger partial charge in [-0.05, 0) is 36.8 Å². The molecule has 0 bridgehead atoms. The van der Waals surface area contributed by atoms with E-state index in [0.29, 0.717) is 11.3 Å². The molecule has 29 heavy (non-hydrogen) atoms. The predicted molar refractivity (Wildman–Crippen MR) is 112 cm³/mol. The van der Waals surface area contributed by atoms with E-state index in [4.69, 9.17) is 0 Å². The molecule has 8 heteroatoms. The molecule has 0 aliphatic rings. The molecule has 0 radical (unpaired) electrons. The first-order valence-corrected chi connectivity index (χ1v) is 10.4. The molecule has 0 aliphatic carbocycles. The molecule has 7 nitrogen and oxygen atoms in total. The number of hydrogen-bond donors (Lipinski definition) is 0. The Morgan fingerprint density at radius 1 is 1.03 bits per heavy atom. The molecule has 0 atom stereocenters. The van der Waals surface area contributed by atoms with Crippen molar-refractivity contribution in [2.24, 2.45) is 5.10 Å². The van der Waals surface area contributed by atoms with Gasteiger partial charge in [-0.15, -0.1) is 0 Å². The number of sulfonamides is 1. The van der Waals surface area contributed by atoms with Crippen molar-refractivity contribution in [3.8, 4) is 11.1 Å². The van der Waals surface area contributed by atoms with Gasteiger partial charge >= 0.3 is 0 Å². The zero-order valence-corrected chi connectivity index (χ0v) is 16.8. The van der Waals surface area contributed by atoms with E-state index in [-0.39, 0.29) is 4.90 Å². The first-order valence-electron chi connectivity index (χ1n) is 8.93. The Labute approximate surface area is 169 Å². The van der Waals surface area contributed by atoms with Crippen molar-refractivity contribution in [3.63, 3.8) is 0 Å². The highest BCUT2D eigenvalue weighted by Crippen LogP contribution is 2.20. The van der Waals surface area contributed by atoms with Gasteiger partial charge in [0, 0.05) is 36.8 Å². The van der Waals surface area contributed by atoms with Crippen LogP contribution in [0.25, 0.3) is 16.8 Å². The van der Waals surface area contributed by atoms with Crippen LogP contribution in [0.4, 0.5) is 0 Å². The second-order valence-corrected chi connectivity index (χ2v) is 8.44. The number of imidazole rings is 1. The third-order valence-corrected chi connectivity index (χ3v) is 6.40. The van der Waals surface area contributed by atoms with Crippen molar-refractivity contribution in [2.45, 2.75) is 11.8 Å². The van der Waals surface area contributed by atoms with Crippen LogP contribution >= 0.6 is 0 Å². The second-order valence-electron chi connectivity index (χ2n) is 6.52. The third-order valence-electron chi connectivity index (χ3n) is 4.60. The number of aryl methyl sites for hydroxylation is 1. The zero-order valence-electron chi connectivity index (χ0n) is 16.0. The Hall–Kier alpha value is -3.52. The van der Waals surface area contributed by atoms with Crippen molar-refractivity contribution in [3.05, 3.63) is 84.6 Å². The number of aromatic nitrogens is 3. The summed E-state index contributed by atoms with van der Waals surface area (Å²) in [5.41, 5.74) is 4.02. The molecule has 4 aromatic rings. The van der Waals surface area contributed by atoms with Gasteiger partial charge in [-0.2, -0.15) is 17.9 Å². The Morgan fingerprint density at radius 2 is 1.86 bits per heavy atom. The van der Waals surface area contributed by atoms with E-state index < -0.39 is 10.0 Å². The Balaban J connectivity index is 1.67. The molecule has 0 saturated carbocycles. The summed E-state index contributed by atoms with van der Waals surface area (Å²) in [7, 11) is -2.31. The molecule has 0 N–H and O–H groups in total. The van der Waals surface area contributed by atoms with Gasteiger partial charge in [-0.3, -0.25) is 9.38 Å². The average molecular weight is 405 g/mol. The van der Waals surface area contributed by atoms with Crippen molar-refractivity contribution in [2.75, 3.05) is 7.05 Å². The monoisotopic (exact) mass is 405 g/mol. The smallest absolute Gasteiger partial charge is 0.279 e. The quantitative estimate of drug-likeness (QED) is 0.377. The van der Waals surface area contributed by atoms with Gasteiger partial charge in [0.15, 0.2) is 0 Å². The van der Waals surface area contributed by atoms with Crippen LogP contribution in [0.1, 0.15) is 11.3 Å². The van der Waals surface area contributed by atoms with Crippen molar-refractivity contribution in [1.29, 1.82) is 0 Å². The van der Waals surface area contributed by atoms with Crippen LogP contribution in [0, 0.1) is 6.92 Å². The first-order chi connectivity index (χ1) is 14.0. The molecule has 0 unspecified atom stereocenters. The van der Waals surface area contributed by atoms with E-state index in [0.717, 1.165) is 21.2 Å². The summed E-state index contributed by atoms with van der Waals surface area (Å²) in [5, 5.41) is 4.16. The number of benzene rings is 1. The van der Waals surface area contributed by atoms with Gasteiger partial charge in [-0.25, -0.2) is 4.98 Å². The van der Waals surface area contributed by atoms with E-state index in [2.05, 4.69) is 15.1 Å². The fraction of sp³-hybridized carbons (Fsp3) is 0.0952. The minimum absolute atomic E-state index is 0.233. The van der Waals surface area contributed by atoms with E-state index >= 15 is 0 Å². The molecule has 4 rings (SSSR count). The lowest BCUT2D eigenvalue weighted by Crippen LogP contribution is -2.22. The highest BCUT2D eigenvalue weighted by molar-refractivity contribution is 7.89. The van der Waals surface area contributed by atoms with Crippen LogP contribution in [-0.4, -0.2) is 40.5 Å². The molecular weight excluding hydrogens is 386 g/mol. The standard InChI is InChI=1S/C21H19N5O2S/c1-16-6-3-4-8-20(16)29(27,28)25(2)24-14-19-13-23-21-10-9-18(15-26(19)21)17-7-5-11-22-12-17/h3-15H,1-2H3/b24-14+. The minimum atomic E-state index is -3.73. The van der Waals surface area contributed by atoms with Gasteiger partial charge in [0.2, 0.25) is 0 Å². The molecule has 0 saturated heterocycles. The summed E-state index contributed by atoms with van der Waals surface area (Å²) in [6, 6.07) is 14.5. The Bertz CT molecular complexity index is 1300. The number of hydrogen-bond acceptors (Lipinski definition) is 5. The lowest BCUT2D eigenvalue weighted by Gasteiger charge is -2.15. The Morgan fingerprint density at radius 3 is 2.62 bits per heavy atom. The van der Waals surface area contributed by atoms with Gasteiger partial charge in [0.05, 0.1) is 23.0 Å². The molecule has 0 aliphatic heterocycles. The number of fused-ring (bicyclic) bond motifs is 1. The summed E-state index contributed by atoms with van der Waals surface area (Å²) in [6.45, 7) is 1.76. The van der Waals surface area contributed by atoms with Crippen LogP contribution < -0.4 is 0 Å². The highest BCUT2D eigenvalue weighted by atomic mass is 32.2. The maximum Gasteiger partial charge on any atom is 0.279 e. The van der Waals surface area contributed by atoms with E-state index in [9.17, 15) is 8.42 Å². The normalized spacial score (nSPS) is 11.9. The van der Waals surface area contributed by atoms with Gasteiger partial charge < -0.3 is 0 Å². The summed E-state index contributed by atoms with van der Waals surface area (Å²) in [5.74, 6) is 0. The number of rotatable bonds is 5. The lowest BCUT2D eigenvalue weighted by atomic mass is 10.1. The van der Waals surface area contributed by atoms with Crippen LogP contribution in [-0.2, 0) is 10.0 Å². The fourth-order valence-corrected chi connectivity index (χ4v) is 4.17. The summed E-state index contributed by atoms with van der Waals surface area (Å²) >= 11 is 0. The number of nitrogens with zero attached hydrogens (tertiary/aromatic N) is 5. The molecule has 1 aromatic carbocycles. The van der Waals surface area contributed by atoms with Crippen molar-refractivity contribution >= 4 is 21.9 Å². The molecular formula is C21H19N5O2S. The number of hydrazone groups is 1. The molecule has 0 spiro atoms. The Kier molecular flexibility index (Phi) is 4.85. The molecule has 3 heterocycles. The predicted octanol–water partition coefficient (Wildman–Crippen LogP) is 3.36. The van der Waals surface area contributed by atoms with Crippen molar-refractivity contribution in [1.82, 2.24) is 18.8 Å². The van der Waals surface area contributed by atoms with Crippen LogP contribution in [0.2, 0.25) is 0 Å². The maximum absolute atomic E-state index is 12.8. The molecule has 0 amide bonds. The lowest BCUT2D eigenvalue weighted by molar-refractivity contribution is 0.490. The van der Waals surface area contributed by atoms with Crippen LogP contribution in [0.15, 0.2) is 83.3 Å². The topological polar surface area (TPSA) is 79.9 Å².